The maximum atomic E-state index is 12.0. The van der Waals surface area contributed by atoms with Gasteiger partial charge in [-0.3, -0.25) is 0 Å². The topological polar surface area (TPSA) is 64.2 Å². The van der Waals surface area contributed by atoms with Gasteiger partial charge in [-0.2, -0.15) is 13.2 Å². The highest BCUT2D eigenvalue weighted by atomic mass is 19.4. The van der Waals surface area contributed by atoms with E-state index in [1.807, 2.05) is 0 Å². The molecule has 1 aliphatic carbocycles. The van der Waals surface area contributed by atoms with Gasteiger partial charge in [0.2, 0.25) is 0 Å². The van der Waals surface area contributed by atoms with Crippen molar-refractivity contribution in [1.82, 2.24) is 10.6 Å². The molecule has 112 valence electrons. The van der Waals surface area contributed by atoms with Crippen LogP contribution in [-0.2, 0) is 0 Å². The molecule has 0 radical (unpaired) electrons. The summed E-state index contributed by atoms with van der Waals surface area (Å²) in [7, 11) is 0. The van der Waals surface area contributed by atoms with Gasteiger partial charge in [0.25, 0.3) is 0 Å². The SMILES string of the molecule is O=C([O-])N[C@H](CNCC(F)(F)F)CC1CCCCC1. The lowest BCUT2D eigenvalue weighted by Crippen LogP contribution is -2.49. The zero-order valence-electron chi connectivity index (χ0n) is 10.8. The molecule has 1 rings (SSSR count). The van der Waals surface area contributed by atoms with Gasteiger partial charge < -0.3 is 20.5 Å². The van der Waals surface area contributed by atoms with Gasteiger partial charge in [0, 0.05) is 12.6 Å². The Morgan fingerprint density at radius 3 is 2.42 bits per heavy atom. The molecule has 0 heterocycles. The lowest BCUT2D eigenvalue weighted by Gasteiger charge is -2.28. The van der Waals surface area contributed by atoms with Crippen LogP contribution in [0.2, 0.25) is 0 Å². The van der Waals surface area contributed by atoms with Crippen molar-refractivity contribution in [1.29, 1.82) is 0 Å². The first-order valence-corrected chi connectivity index (χ1v) is 6.62. The van der Waals surface area contributed by atoms with Crippen LogP contribution in [-0.4, -0.2) is 31.4 Å². The fourth-order valence-electron chi connectivity index (χ4n) is 2.57. The Labute approximate surface area is 110 Å². The Hall–Kier alpha value is -0.980. The highest BCUT2D eigenvalue weighted by Crippen LogP contribution is 2.27. The van der Waals surface area contributed by atoms with Crippen molar-refractivity contribution >= 4 is 6.09 Å². The number of nitrogens with one attached hydrogen (secondary N) is 2. The van der Waals surface area contributed by atoms with E-state index in [1.165, 1.54) is 6.42 Å². The molecular formula is C12H20F3N2O2-. The molecule has 1 atom stereocenters. The van der Waals surface area contributed by atoms with Crippen LogP contribution >= 0.6 is 0 Å². The van der Waals surface area contributed by atoms with Gasteiger partial charge in [0.05, 0.1) is 6.54 Å². The molecule has 1 amide bonds. The molecule has 0 saturated heterocycles. The van der Waals surface area contributed by atoms with E-state index >= 15 is 0 Å². The summed E-state index contributed by atoms with van der Waals surface area (Å²) in [5.41, 5.74) is 0. The third-order valence-corrected chi connectivity index (χ3v) is 3.38. The zero-order valence-corrected chi connectivity index (χ0v) is 10.8. The molecule has 0 aliphatic heterocycles. The summed E-state index contributed by atoms with van der Waals surface area (Å²) in [5, 5.41) is 15.0. The Bertz CT molecular complexity index is 279. The largest absolute Gasteiger partial charge is 0.530 e. The smallest absolute Gasteiger partial charge is 0.401 e. The van der Waals surface area contributed by atoms with Crippen molar-refractivity contribution in [3.8, 4) is 0 Å². The summed E-state index contributed by atoms with van der Waals surface area (Å²) < 4.78 is 36.0. The first-order valence-electron chi connectivity index (χ1n) is 6.62. The van der Waals surface area contributed by atoms with Crippen LogP contribution in [0.15, 0.2) is 0 Å². The Kier molecular flexibility index (Phi) is 6.41. The minimum Gasteiger partial charge on any atom is -0.530 e. The molecule has 4 nitrogen and oxygen atoms in total. The molecule has 0 aromatic heterocycles. The number of hydrogen-bond acceptors (Lipinski definition) is 3. The van der Waals surface area contributed by atoms with Gasteiger partial charge >= 0.3 is 6.18 Å². The maximum Gasteiger partial charge on any atom is 0.401 e. The third-order valence-electron chi connectivity index (χ3n) is 3.38. The lowest BCUT2D eigenvalue weighted by molar-refractivity contribution is -0.251. The monoisotopic (exact) mass is 281 g/mol. The number of rotatable bonds is 6. The van der Waals surface area contributed by atoms with Crippen molar-refractivity contribution in [2.75, 3.05) is 13.1 Å². The van der Waals surface area contributed by atoms with Crippen molar-refractivity contribution in [3.05, 3.63) is 0 Å². The van der Waals surface area contributed by atoms with Gasteiger partial charge in [-0.25, -0.2) is 0 Å². The molecule has 19 heavy (non-hydrogen) atoms. The number of carbonyl (C=O) groups is 1. The van der Waals surface area contributed by atoms with E-state index in [-0.39, 0.29) is 6.54 Å². The van der Waals surface area contributed by atoms with Crippen LogP contribution in [0.4, 0.5) is 18.0 Å². The van der Waals surface area contributed by atoms with Crippen LogP contribution in [0.5, 0.6) is 0 Å². The van der Waals surface area contributed by atoms with Crippen LogP contribution in [0.3, 0.4) is 0 Å². The zero-order chi connectivity index (χ0) is 14.3. The number of alkyl halides is 3. The van der Waals surface area contributed by atoms with Crippen LogP contribution < -0.4 is 15.7 Å². The molecule has 0 spiro atoms. The number of amides is 1. The second-order valence-corrected chi connectivity index (χ2v) is 5.11. The highest BCUT2D eigenvalue weighted by Gasteiger charge is 2.27. The fourth-order valence-corrected chi connectivity index (χ4v) is 2.57. The molecule has 0 aromatic rings. The minimum absolute atomic E-state index is 0.0238. The first-order chi connectivity index (χ1) is 8.87. The summed E-state index contributed by atoms with van der Waals surface area (Å²) in [6, 6.07) is -0.518. The average molecular weight is 281 g/mol. The van der Waals surface area contributed by atoms with E-state index in [4.69, 9.17) is 0 Å². The van der Waals surface area contributed by atoms with Gasteiger partial charge in [-0.15, -0.1) is 0 Å². The molecule has 0 aromatic carbocycles. The third kappa shape index (κ3) is 7.92. The van der Waals surface area contributed by atoms with Crippen molar-refractivity contribution in [2.45, 2.75) is 50.7 Å². The summed E-state index contributed by atoms with van der Waals surface area (Å²) in [6.07, 6.45) is 0.290. The highest BCUT2D eigenvalue weighted by molar-refractivity contribution is 5.62. The minimum atomic E-state index is -4.28. The summed E-state index contributed by atoms with van der Waals surface area (Å²) in [5.74, 6) is 0.387. The molecule has 1 fully saturated rings. The normalized spacial score (nSPS) is 19.1. The van der Waals surface area contributed by atoms with Gasteiger partial charge in [-0.05, 0) is 12.3 Å². The second-order valence-electron chi connectivity index (χ2n) is 5.11. The van der Waals surface area contributed by atoms with Crippen molar-refractivity contribution in [3.63, 3.8) is 0 Å². The van der Waals surface area contributed by atoms with E-state index in [2.05, 4.69) is 10.6 Å². The van der Waals surface area contributed by atoms with Crippen LogP contribution in [0.25, 0.3) is 0 Å². The average Bonchev–Trinajstić information content (AvgIpc) is 2.27. The Balaban J connectivity index is 2.35. The summed E-state index contributed by atoms with van der Waals surface area (Å²) >= 11 is 0. The van der Waals surface area contributed by atoms with Crippen molar-refractivity contribution in [2.24, 2.45) is 5.92 Å². The first kappa shape index (κ1) is 16.1. The molecule has 1 aliphatic rings. The van der Waals surface area contributed by atoms with E-state index in [1.54, 1.807) is 0 Å². The molecule has 0 bridgehead atoms. The number of hydrogen-bond donors (Lipinski definition) is 2. The van der Waals surface area contributed by atoms with Gasteiger partial charge in [-0.1, -0.05) is 32.1 Å². The Morgan fingerprint density at radius 2 is 1.89 bits per heavy atom. The quantitative estimate of drug-likeness (QED) is 0.773. The number of carboxylic acid groups (broad SMARTS) is 1. The summed E-state index contributed by atoms with van der Waals surface area (Å²) in [6.45, 7) is -1.13. The van der Waals surface area contributed by atoms with Crippen molar-refractivity contribution < 1.29 is 23.1 Å². The summed E-state index contributed by atoms with van der Waals surface area (Å²) in [4.78, 5) is 10.5. The number of halogens is 3. The molecule has 0 unspecified atom stereocenters. The van der Waals surface area contributed by atoms with E-state index in [0.717, 1.165) is 25.7 Å². The van der Waals surface area contributed by atoms with E-state index in [0.29, 0.717) is 12.3 Å². The molecular weight excluding hydrogens is 261 g/mol. The predicted octanol–water partition coefficient (Wildman–Crippen LogP) is 1.41. The van der Waals surface area contributed by atoms with E-state index < -0.39 is 24.9 Å². The maximum absolute atomic E-state index is 12.0. The van der Waals surface area contributed by atoms with Crippen LogP contribution in [0, 0.1) is 5.92 Å². The van der Waals surface area contributed by atoms with Gasteiger partial charge in [0.15, 0.2) is 0 Å². The second kappa shape index (κ2) is 7.57. The standard InChI is InChI=1S/C12H21F3N2O2/c13-12(14,15)8-16-7-10(17-11(18)19)6-9-4-2-1-3-5-9/h9-10,16-17H,1-8H2,(H,18,19)/p-1/t10-/m0/s1. The molecule has 7 heteroatoms. The van der Waals surface area contributed by atoms with E-state index in [9.17, 15) is 23.1 Å². The lowest BCUT2D eigenvalue weighted by atomic mass is 9.85. The molecule has 2 N–H and O–H groups in total. The Morgan fingerprint density at radius 1 is 1.26 bits per heavy atom. The molecule has 1 saturated carbocycles. The van der Waals surface area contributed by atoms with Gasteiger partial charge in [0.1, 0.15) is 6.09 Å². The number of carbonyl (C=O) groups excluding carboxylic acids is 1. The fraction of sp³-hybridized carbons (Fsp3) is 0.917. The predicted molar refractivity (Wildman–Crippen MR) is 62.4 cm³/mol. The van der Waals surface area contributed by atoms with Crippen LogP contribution in [0.1, 0.15) is 38.5 Å².